The number of nitrogens with zero attached hydrogens (tertiary/aromatic N) is 3. The van der Waals surface area contributed by atoms with Crippen molar-refractivity contribution < 1.29 is 5.71 Å². The van der Waals surface area contributed by atoms with E-state index in [-0.39, 0.29) is 5.71 Å². The van der Waals surface area contributed by atoms with Crippen LogP contribution in [0.2, 0.25) is 0 Å². The lowest BCUT2D eigenvalue weighted by molar-refractivity contribution is 1.13. The van der Waals surface area contributed by atoms with Gasteiger partial charge in [0.2, 0.25) is 0 Å². The SMILES string of the molecule is C#CN(C#C)c1ccc(C=Cc2ccc3cc(C=Cc4ccc(N(C)C)cc4)ccc3c2C#N)cc1.[HH].[HH].[HH].[HH]. The van der Waals surface area contributed by atoms with Gasteiger partial charge in [-0.25, -0.2) is 4.90 Å². The molecular weight excluding hydrogens is 438 g/mol. The number of nitriles is 1. The van der Waals surface area contributed by atoms with Crippen molar-refractivity contribution >= 4 is 46.5 Å². The summed E-state index contributed by atoms with van der Waals surface area (Å²) in [5, 5.41) is 11.9. The zero-order chi connectivity index (χ0) is 25.5. The molecular formula is C33H33N3. The average molecular weight is 472 g/mol. The Bertz CT molecular complexity index is 1570. The lowest BCUT2D eigenvalue weighted by Crippen LogP contribution is -2.07. The highest BCUT2D eigenvalue weighted by atomic mass is 15.1. The highest BCUT2D eigenvalue weighted by Crippen LogP contribution is 2.26. The number of rotatable bonds is 6. The Balaban J connectivity index is 0.00000380. The Morgan fingerprint density at radius 3 is 1.83 bits per heavy atom. The standard InChI is InChI=1S/C33H25N3.4H2/c1-5-36(6-2)31-20-12-26(13-21-31)9-15-28-16-17-29-23-27(14-22-32(29)33(28)24-34)8-7-25-10-18-30(19-11-25)35(3)4;;;;/h1-2,7-23H,3-4H3;4*1H. The van der Waals surface area contributed by atoms with E-state index in [0.29, 0.717) is 5.56 Å². The summed E-state index contributed by atoms with van der Waals surface area (Å²) >= 11 is 0. The van der Waals surface area contributed by atoms with E-state index in [9.17, 15) is 5.26 Å². The van der Waals surface area contributed by atoms with E-state index in [1.165, 1.54) is 10.6 Å². The first kappa shape index (κ1) is 24.0. The van der Waals surface area contributed by atoms with E-state index in [1.807, 2.05) is 68.7 Å². The van der Waals surface area contributed by atoms with Crippen molar-refractivity contribution in [1.82, 2.24) is 0 Å². The lowest BCUT2D eigenvalue weighted by atomic mass is 9.97. The van der Waals surface area contributed by atoms with Gasteiger partial charge in [-0.1, -0.05) is 85.7 Å². The van der Waals surface area contributed by atoms with Crippen LogP contribution in [0.5, 0.6) is 0 Å². The zero-order valence-corrected chi connectivity index (χ0v) is 20.3. The van der Waals surface area contributed by atoms with Gasteiger partial charge in [-0.2, -0.15) is 5.26 Å². The third kappa shape index (κ3) is 5.31. The monoisotopic (exact) mass is 471 g/mol. The summed E-state index contributed by atoms with van der Waals surface area (Å²) in [6.07, 6.45) is 19.0. The second-order valence-corrected chi connectivity index (χ2v) is 8.46. The van der Waals surface area contributed by atoms with E-state index < -0.39 is 0 Å². The predicted molar refractivity (Wildman–Crippen MR) is 162 cm³/mol. The van der Waals surface area contributed by atoms with Crippen LogP contribution in [-0.2, 0) is 0 Å². The molecule has 4 aromatic rings. The maximum Gasteiger partial charge on any atom is 0.100 e. The van der Waals surface area contributed by atoms with Crippen molar-refractivity contribution in [3.63, 3.8) is 0 Å². The molecule has 0 aliphatic heterocycles. The van der Waals surface area contributed by atoms with Crippen LogP contribution < -0.4 is 9.80 Å². The van der Waals surface area contributed by atoms with Crippen LogP contribution in [0, 0.1) is 36.3 Å². The number of fused-ring (bicyclic) bond motifs is 1. The van der Waals surface area contributed by atoms with Gasteiger partial charge in [0.15, 0.2) is 0 Å². The molecule has 0 unspecified atom stereocenters. The van der Waals surface area contributed by atoms with Gasteiger partial charge in [0.05, 0.1) is 11.3 Å². The first-order chi connectivity index (χ1) is 17.5. The predicted octanol–water partition coefficient (Wildman–Crippen LogP) is 8.09. The maximum atomic E-state index is 9.90. The summed E-state index contributed by atoms with van der Waals surface area (Å²) in [5.74, 6) is 0. The molecule has 0 fully saturated rings. The van der Waals surface area contributed by atoms with Gasteiger partial charge in [-0.3, -0.25) is 0 Å². The highest BCUT2D eigenvalue weighted by molar-refractivity contribution is 5.94. The fraction of sp³-hybridized carbons (Fsp3) is 0.0606. The van der Waals surface area contributed by atoms with Crippen molar-refractivity contribution in [3.8, 4) is 31.0 Å². The van der Waals surface area contributed by atoms with E-state index in [1.54, 1.807) is 0 Å². The fourth-order valence-electron chi connectivity index (χ4n) is 3.92. The van der Waals surface area contributed by atoms with E-state index in [2.05, 4.69) is 71.6 Å². The van der Waals surface area contributed by atoms with E-state index >= 15 is 0 Å². The number of benzene rings is 4. The maximum absolute atomic E-state index is 9.90. The first-order valence-electron chi connectivity index (χ1n) is 11.5. The van der Waals surface area contributed by atoms with Crippen LogP contribution >= 0.6 is 0 Å². The van der Waals surface area contributed by atoms with Gasteiger partial charge in [0.1, 0.15) is 6.07 Å². The number of hydrogen-bond donors (Lipinski definition) is 0. The van der Waals surface area contributed by atoms with Gasteiger partial charge in [0.25, 0.3) is 0 Å². The normalized spacial score (nSPS) is 10.8. The largest absolute Gasteiger partial charge is 0.378 e. The molecule has 0 amide bonds. The molecule has 0 radical (unpaired) electrons. The minimum atomic E-state index is 0. The van der Waals surface area contributed by atoms with Crippen molar-refractivity contribution in [1.29, 1.82) is 5.26 Å². The third-order valence-electron chi connectivity index (χ3n) is 5.93. The topological polar surface area (TPSA) is 30.3 Å². The first-order valence-corrected chi connectivity index (χ1v) is 11.5. The Morgan fingerprint density at radius 1 is 0.694 bits per heavy atom. The molecule has 0 atom stereocenters. The highest BCUT2D eigenvalue weighted by Gasteiger charge is 2.06. The molecule has 0 bridgehead atoms. The smallest absolute Gasteiger partial charge is 0.100 e. The summed E-state index contributed by atoms with van der Waals surface area (Å²) < 4.78 is 0. The molecule has 180 valence electrons. The average Bonchev–Trinajstić information content (AvgIpc) is 2.91. The van der Waals surface area contributed by atoms with E-state index in [0.717, 1.165) is 38.7 Å². The van der Waals surface area contributed by atoms with Crippen molar-refractivity contribution in [2.24, 2.45) is 0 Å². The molecule has 0 spiro atoms. The summed E-state index contributed by atoms with van der Waals surface area (Å²) in [6.45, 7) is 0. The van der Waals surface area contributed by atoms with Crippen LogP contribution in [0.3, 0.4) is 0 Å². The molecule has 36 heavy (non-hydrogen) atoms. The molecule has 0 aromatic heterocycles. The molecule has 3 nitrogen and oxygen atoms in total. The number of hydrogen-bond acceptors (Lipinski definition) is 3. The number of anilines is 2. The number of terminal acetylenes is 2. The summed E-state index contributed by atoms with van der Waals surface area (Å²) in [6, 6.07) is 33.5. The molecule has 0 aliphatic rings. The van der Waals surface area contributed by atoms with Crippen LogP contribution in [0.4, 0.5) is 11.4 Å². The third-order valence-corrected chi connectivity index (χ3v) is 5.93. The molecule has 0 saturated heterocycles. The lowest BCUT2D eigenvalue weighted by Gasteiger charge is -2.11. The van der Waals surface area contributed by atoms with Crippen LogP contribution in [0.25, 0.3) is 35.1 Å². The van der Waals surface area contributed by atoms with E-state index in [4.69, 9.17) is 12.8 Å². The van der Waals surface area contributed by atoms with Crippen molar-refractivity contribution in [2.45, 2.75) is 0 Å². The summed E-state index contributed by atoms with van der Waals surface area (Å²) in [5.41, 5.74) is 6.65. The Hall–Kier alpha value is -5.17. The second-order valence-electron chi connectivity index (χ2n) is 8.46. The Morgan fingerprint density at radius 2 is 1.25 bits per heavy atom. The molecule has 0 aliphatic carbocycles. The van der Waals surface area contributed by atoms with Crippen molar-refractivity contribution in [2.75, 3.05) is 23.9 Å². The van der Waals surface area contributed by atoms with Crippen molar-refractivity contribution in [3.05, 3.63) is 107 Å². The molecule has 3 heteroatoms. The summed E-state index contributed by atoms with van der Waals surface area (Å²) in [7, 11) is 4.06. The van der Waals surface area contributed by atoms with Gasteiger partial charge in [0, 0.05) is 43.0 Å². The van der Waals surface area contributed by atoms with Gasteiger partial charge >= 0.3 is 0 Å². The summed E-state index contributed by atoms with van der Waals surface area (Å²) in [4.78, 5) is 3.46. The Labute approximate surface area is 219 Å². The molecule has 0 N–H and O–H groups in total. The minimum absolute atomic E-state index is 0. The van der Waals surface area contributed by atoms with Gasteiger partial charge in [-0.05, 0) is 58.0 Å². The quantitative estimate of drug-likeness (QED) is 0.162. The molecule has 0 heterocycles. The molecule has 4 rings (SSSR count). The zero-order valence-electron chi connectivity index (χ0n) is 20.3. The Kier molecular flexibility index (Phi) is 7.22. The molecule has 4 aromatic carbocycles. The minimum Gasteiger partial charge on any atom is -0.378 e. The fourth-order valence-corrected chi connectivity index (χ4v) is 3.92. The van der Waals surface area contributed by atoms with Gasteiger partial charge in [-0.15, -0.1) is 0 Å². The van der Waals surface area contributed by atoms with Gasteiger partial charge < -0.3 is 4.90 Å². The second kappa shape index (κ2) is 10.8. The molecule has 0 saturated carbocycles. The van der Waals surface area contributed by atoms with Crippen LogP contribution in [-0.4, -0.2) is 14.1 Å². The van der Waals surface area contributed by atoms with Crippen LogP contribution in [0.15, 0.2) is 78.9 Å². The van der Waals surface area contributed by atoms with Crippen LogP contribution in [0.1, 0.15) is 33.5 Å².